The molecule has 7 nitrogen and oxygen atoms in total. The van der Waals surface area contributed by atoms with E-state index in [2.05, 4.69) is 27.6 Å². The monoisotopic (exact) mass is 456 g/mol. The van der Waals surface area contributed by atoms with Gasteiger partial charge in [-0.25, -0.2) is 4.79 Å². The van der Waals surface area contributed by atoms with Crippen LogP contribution in [0.25, 0.3) is 0 Å². The molecule has 1 aliphatic carbocycles. The van der Waals surface area contributed by atoms with Crippen molar-refractivity contribution >= 4 is 40.0 Å². The van der Waals surface area contributed by atoms with Crippen LogP contribution in [0, 0.1) is 0 Å². The summed E-state index contributed by atoms with van der Waals surface area (Å²) in [6.07, 6.45) is 4.63. The van der Waals surface area contributed by atoms with Gasteiger partial charge in [0.15, 0.2) is 5.16 Å². The lowest BCUT2D eigenvalue weighted by Crippen LogP contribution is -2.17. The number of carbonyl (C=O) groups excluding carboxylic acids is 2. The second kappa shape index (κ2) is 9.65. The average molecular weight is 457 g/mol. The number of nitrogens with one attached hydrogen (secondary N) is 1. The quantitative estimate of drug-likeness (QED) is 0.429. The van der Waals surface area contributed by atoms with E-state index in [0.29, 0.717) is 22.1 Å². The first kappa shape index (κ1) is 21.6. The lowest BCUT2D eigenvalue weighted by molar-refractivity contribution is -0.113. The Kier molecular flexibility index (Phi) is 6.72. The third kappa shape index (κ3) is 4.83. The fourth-order valence-corrected chi connectivity index (χ4v) is 5.69. The van der Waals surface area contributed by atoms with Gasteiger partial charge in [-0.15, -0.1) is 21.5 Å². The summed E-state index contributed by atoms with van der Waals surface area (Å²) >= 11 is 2.82. The second-order valence-corrected chi connectivity index (χ2v) is 9.41. The highest BCUT2D eigenvalue weighted by atomic mass is 32.2. The summed E-state index contributed by atoms with van der Waals surface area (Å²) in [5, 5.41) is 12.7. The molecule has 0 atom stereocenters. The van der Waals surface area contributed by atoms with E-state index >= 15 is 0 Å². The summed E-state index contributed by atoms with van der Waals surface area (Å²) < 4.78 is 6.88. The van der Waals surface area contributed by atoms with Crippen LogP contribution in [0.15, 0.2) is 35.5 Å². The molecule has 0 spiro atoms. The first-order valence-corrected chi connectivity index (χ1v) is 11.9. The zero-order chi connectivity index (χ0) is 21.8. The van der Waals surface area contributed by atoms with Gasteiger partial charge in [-0.3, -0.25) is 4.79 Å². The molecule has 0 saturated heterocycles. The van der Waals surface area contributed by atoms with E-state index in [4.69, 9.17) is 4.74 Å². The Morgan fingerprint density at radius 1 is 1.19 bits per heavy atom. The van der Waals surface area contributed by atoms with Crippen LogP contribution >= 0.6 is 23.1 Å². The Bertz CT molecular complexity index is 1090. The highest BCUT2D eigenvalue weighted by Crippen LogP contribution is 2.38. The van der Waals surface area contributed by atoms with E-state index < -0.39 is 0 Å². The zero-order valence-corrected chi connectivity index (χ0v) is 19.1. The maximum absolute atomic E-state index is 12.6. The molecule has 0 saturated carbocycles. The lowest BCUT2D eigenvalue weighted by atomic mass is 9.95. The topological polar surface area (TPSA) is 86.1 Å². The minimum Gasteiger partial charge on any atom is -0.465 e. The summed E-state index contributed by atoms with van der Waals surface area (Å²) in [5.74, 6) is 0.455. The van der Waals surface area contributed by atoms with Gasteiger partial charge in [0.05, 0.1) is 18.4 Å². The predicted octanol–water partition coefficient (Wildman–Crippen LogP) is 3.86. The van der Waals surface area contributed by atoms with Crippen molar-refractivity contribution in [3.63, 3.8) is 0 Å². The number of ether oxygens (including phenoxy) is 1. The fourth-order valence-electron chi connectivity index (χ4n) is 3.67. The number of hydrogen-bond acceptors (Lipinski definition) is 7. The van der Waals surface area contributed by atoms with Crippen LogP contribution < -0.4 is 5.32 Å². The van der Waals surface area contributed by atoms with Crippen LogP contribution in [0.1, 0.15) is 45.0 Å². The summed E-state index contributed by atoms with van der Waals surface area (Å²) in [5.41, 5.74) is 2.71. The van der Waals surface area contributed by atoms with Gasteiger partial charge in [0.2, 0.25) is 5.91 Å². The van der Waals surface area contributed by atoms with Gasteiger partial charge in [-0.05, 0) is 36.8 Å². The molecule has 0 radical (unpaired) electrons. The molecule has 9 heteroatoms. The molecule has 162 valence electrons. The third-order valence-corrected chi connectivity index (χ3v) is 7.50. The van der Waals surface area contributed by atoms with Gasteiger partial charge in [-0.1, -0.05) is 42.1 Å². The maximum Gasteiger partial charge on any atom is 0.341 e. The molecule has 31 heavy (non-hydrogen) atoms. The van der Waals surface area contributed by atoms with Crippen molar-refractivity contribution in [1.82, 2.24) is 14.8 Å². The van der Waals surface area contributed by atoms with Gasteiger partial charge in [0.25, 0.3) is 0 Å². The predicted molar refractivity (Wildman–Crippen MR) is 122 cm³/mol. The average Bonchev–Trinajstić information content (AvgIpc) is 3.32. The lowest BCUT2D eigenvalue weighted by Gasteiger charge is -2.11. The summed E-state index contributed by atoms with van der Waals surface area (Å²) in [6, 6.07) is 10.1. The van der Waals surface area contributed by atoms with E-state index in [9.17, 15) is 9.59 Å². The van der Waals surface area contributed by atoms with Gasteiger partial charge in [-0.2, -0.15) is 0 Å². The standard InChI is InChI=1S/C22H24N4O3S2/c1-26-17(12-14-8-4-3-5-9-14)24-25-22(26)30-13-18(27)23-20-19(21(28)29-2)15-10-6-7-11-16(15)31-20/h3-5,8-9H,6-7,10-13H2,1-2H3,(H,23,27). The van der Waals surface area contributed by atoms with Crippen molar-refractivity contribution in [1.29, 1.82) is 0 Å². The number of fused-ring (bicyclic) bond motifs is 1. The highest BCUT2D eigenvalue weighted by molar-refractivity contribution is 7.99. The van der Waals surface area contributed by atoms with Crippen LogP contribution in [0.3, 0.4) is 0 Å². The summed E-state index contributed by atoms with van der Waals surface area (Å²) in [6.45, 7) is 0. The number of esters is 1. The molecule has 1 amide bonds. The van der Waals surface area contributed by atoms with Crippen LogP contribution in [0.4, 0.5) is 5.00 Å². The molecule has 1 aromatic carbocycles. The molecule has 3 aromatic rings. The summed E-state index contributed by atoms with van der Waals surface area (Å²) in [7, 11) is 3.28. The Hall–Kier alpha value is -2.65. The van der Waals surface area contributed by atoms with Crippen molar-refractivity contribution in [3.05, 3.63) is 57.7 Å². The van der Waals surface area contributed by atoms with Crippen molar-refractivity contribution < 1.29 is 14.3 Å². The van der Waals surface area contributed by atoms with Crippen LogP contribution in [-0.2, 0) is 35.8 Å². The number of aromatic nitrogens is 3. The SMILES string of the molecule is COC(=O)c1c(NC(=O)CSc2nnc(Cc3ccccc3)n2C)sc2c1CCCC2. The first-order valence-electron chi connectivity index (χ1n) is 10.1. The van der Waals surface area contributed by atoms with Crippen molar-refractivity contribution in [3.8, 4) is 0 Å². The minimum absolute atomic E-state index is 0.179. The van der Waals surface area contributed by atoms with Crippen LogP contribution in [-0.4, -0.2) is 39.5 Å². The number of aryl methyl sites for hydroxylation is 1. The molecular formula is C22H24N4O3S2. The minimum atomic E-state index is -0.388. The molecule has 4 rings (SSSR count). The van der Waals surface area contributed by atoms with Crippen LogP contribution in [0.2, 0.25) is 0 Å². The van der Waals surface area contributed by atoms with Crippen molar-refractivity contribution in [2.75, 3.05) is 18.2 Å². The molecule has 0 aliphatic heterocycles. The number of methoxy groups -OCH3 is 1. The molecule has 0 fully saturated rings. The molecule has 1 aliphatic rings. The third-order valence-electron chi connectivity index (χ3n) is 5.28. The highest BCUT2D eigenvalue weighted by Gasteiger charge is 2.27. The molecule has 0 bridgehead atoms. The number of benzene rings is 1. The zero-order valence-electron chi connectivity index (χ0n) is 17.5. The number of carbonyl (C=O) groups is 2. The number of amides is 1. The van der Waals surface area contributed by atoms with Gasteiger partial charge in [0, 0.05) is 18.3 Å². The Balaban J connectivity index is 1.41. The van der Waals surface area contributed by atoms with Crippen molar-refractivity contribution in [2.45, 2.75) is 37.3 Å². The van der Waals surface area contributed by atoms with Gasteiger partial charge in [0.1, 0.15) is 10.8 Å². The number of thiophene rings is 1. The first-order chi connectivity index (χ1) is 15.1. The van der Waals surface area contributed by atoms with Crippen LogP contribution in [0.5, 0.6) is 0 Å². The number of rotatable bonds is 7. The van der Waals surface area contributed by atoms with E-state index in [1.807, 2.05) is 29.8 Å². The number of thioether (sulfide) groups is 1. The summed E-state index contributed by atoms with van der Waals surface area (Å²) in [4.78, 5) is 26.1. The van der Waals surface area contributed by atoms with E-state index in [1.54, 1.807) is 0 Å². The smallest absolute Gasteiger partial charge is 0.341 e. The molecule has 1 N–H and O–H groups in total. The number of anilines is 1. The second-order valence-electron chi connectivity index (χ2n) is 7.36. The van der Waals surface area contributed by atoms with E-state index in [0.717, 1.165) is 42.6 Å². The molecule has 0 unspecified atom stereocenters. The normalized spacial score (nSPS) is 13.0. The van der Waals surface area contributed by atoms with Gasteiger partial charge >= 0.3 is 5.97 Å². The molecule has 2 aromatic heterocycles. The molecular weight excluding hydrogens is 432 g/mol. The Morgan fingerprint density at radius 2 is 1.97 bits per heavy atom. The maximum atomic E-state index is 12.6. The van der Waals surface area contributed by atoms with Gasteiger partial charge < -0.3 is 14.6 Å². The number of hydrogen-bond donors (Lipinski definition) is 1. The van der Waals surface area contributed by atoms with E-state index in [1.165, 1.54) is 35.1 Å². The molecule has 2 heterocycles. The number of nitrogens with zero attached hydrogens (tertiary/aromatic N) is 3. The fraction of sp³-hybridized carbons (Fsp3) is 0.364. The Morgan fingerprint density at radius 3 is 2.74 bits per heavy atom. The largest absolute Gasteiger partial charge is 0.465 e. The van der Waals surface area contributed by atoms with Crippen molar-refractivity contribution in [2.24, 2.45) is 7.05 Å². The van der Waals surface area contributed by atoms with E-state index in [-0.39, 0.29) is 17.6 Å². The Labute approximate surface area is 189 Å².